The van der Waals surface area contributed by atoms with Gasteiger partial charge in [0, 0.05) is 13.2 Å². The van der Waals surface area contributed by atoms with Crippen molar-refractivity contribution in [2.45, 2.75) is 25.9 Å². The molecule has 2 aliphatic heterocycles. The minimum Gasteiger partial charge on any atom is -0.376 e. The molecule has 2 amide bonds. The monoisotopic (exact) mass is 386 g/mol. The van der Waals surface area contributed by atoms with Crippen LogP contribution >= 0.6 is 11.6 Å². The van der Waals surface area contributed by atoms with Crippen molar-refractivity contribution in [1.82, 2.24) is 5.32 Å². The fourth-order valence-electron chi connectivity index (χ4n) is 3.01. The van der Waals surface area contributed by atoms with Gasteiger partial charge >= 0.3 is 0 Å². The normalized spacial score (nSPS) is 25.4. The lowest BCUT2D eigenvalue weighted by atomic mass is 10.1. The smallest absolute Gasteiger partial charge is 0.252 e. The van der Waals surface area contributed by atoms with Crippen molar-refractivity contribution in [2.24, 2.45) is 5.92 Å². The molecular weight excluding hydrogens is 368 g/mol. The summed E-state index contributed by atoms with van der Waals surface area (Å²) in [6.07, 6.45) is 1.89. The quantitative estimate of drug-likeness (QED) is 0.847. The average Bonchev–Trinajstić information content (AvgIpc) is 3.11. The van der Waals surface area contributed by atoms with E-state index in [0.717, 1.165) is 17.1 Å². The Morgan fingerprint density at radius 3 is 2.76 bits per heavy atom. The summed E-state index contributed by atoms with van der Waals surface area (Å²) in [5.41, 5.74) is 0.371. The first-order valence-electron chi connectivity index (χ1n) is 8.06. The highest BCUT2D eigenvalue weighted by atomic mass is 35.5. The zero-order chi connectivity index (χ0) is 18.2. The van der Waals surface area contributed by atoms with Crippen LogP contribution in [0.5, 0.6) is 0 Å². The van der Waals surface area contributed by atoms with Crippen LogP contribution in [0.25, 0.3) is 0 Å². The molecule has 2 saturated heterocycles. The maximum absolute atomic E-state index is 12.2. The van der Waals surface area contributed by atoms with Crippen LogP contribution in [0.1, 0.15) is 30.1 Å². The highest BCUT2D eigenvalue weighted by Crippen LogP contribution is 2.31. The van der Waals surface area contributed by atoms with Crippen molar-refractivity contribution in [1.29, 1.82) is 0 Å². The molecule has 1 aromatic rings. The van der Waals surface area contributed by atoms with Gasteiger partial charge in [-0.3, -0.25) is 9.59 Å². The third-order valence-electron chi connectivity index (χ3n) is 4.31. The van der Waals surface area contributed by atoms with Crippen molar-refractivity contribution in [3.63, 3.8) is 0 Å². The maximum atomic E-state index is 12.2. The van der Waals surface area contributed by atoms with Crippen LogP contribution in [0.15, 0.2) is 18.2 Å². The Balaban J connectivity index is 1.76. The minimum absolute atomic E-state index is 0.0100. The van der Waals surface area contributed by atoms with Crippen LogP contribution in [-0.2, 0) is 19.6 Å². The second kappa shape index (κ2) is 6.93. The van der Waals surface area contributed by atoms with E-state index in [1.807, 2.05) is 0 Å². The first-order valence-corrected chi connectivity index (χ1v) is 10.0. The standard InChI is InChI=1S/C16H19ClN2O5S/c1-10-9-25(22,23)19(16(10)21)11-4-5-13(14(17)7-11)15(20)18-8-12-3-2-6-24-12/h4-5,7,10,12H,2-3,6,8-9H2,1H3,(H,18,20). The molecule has 3 rings (SSSR count). The number of carbonyl (C=O) groups excluding carboxylic acids is 2. The molecule has 2 unspecified atom stereocenters. The molecule has 25 heavy (non-hydrogen) atoms. The number of ether oxygens (including phenoxy) is 1. The summed E-state index contributed by atoms with van der Waals surface area (Å²) < 4.78 is 30.5. The summed E-state index contributed by atoms with van der Waals surface area (Å²) in [7, 11) is -3.70. The van der Waals surface area contributed by atoms with Gasteiger partial charge in [0.15, 0.2) is 0 Å². The second-order valence-corrected chi connectivity index (χ2v) is 8.56. The number of nitrogens with one attached hydrogen (secondary N) is 1. The van der Waals surface area contributed by atoms with Gasteiger partial charge in [-0.1, -0.05) is 18.5 Å². The Hall–Kier alpha value is -1.64. The second-order valence-electron chi connectivity index (χ2n) is 6.29. The van der Waals surface area contributed by atoms with E-state index in [0.29, 0.717) is 13.2 Å². The van der Waals surface area contributed by atoms with E-state index in [2.05, 4.69) is 5.32 Å². The number of rotatable bonds is 4. The summed E-state index contributed by atoms with van der Waals surface area (Å²) in [5, 5.41) is 2.84. The number of hydrogen-bond donors (Lipinski definition) is 1. The molecule has 136 valence electrons. The molecule has 1 aromatic carbocycles. The molecule has 0 aliphatic carbocycles. The predicted molar refractivity (Wildman–Crippen MR) is 93.2 cm³/mol. The van der Waals surface area contributed by atoms with E-state index in [9.17, 15) is 18.0 Å². The summed E-state index contributed by atoms with van der Waals surface area (Å²) in [6, 6.07) is 4.17. The molecule has 0 bridgehead atoms. The Morgan fingerprint density at radius 1 is 1.44 bits per heavy atom. The van der Waals surface area contributed by atoms with Crippen LogP contribution < -0.4 is 9.62 Å². The molecule has 0 aromatic heterocycles. The molecule has 9 heteroatoms. The van der Waals surface area contributed by atoms with Crippen molar-refractivity contribution in [3.05, 3.63) is 28.8 Å². The topological polar surface area (TPSA) is 92.8 Å². The van der Waals surface area contributed by atoms with Gasteiger partial charge in [-0.05, 0) is 31.0 Å². The van der Waals surface area contributed by atoms with Gasteiger partial charge in [-0.15, -0.1) is 0 Å². The van der Waals surface area contributed by atoms with Gasteiger partial charge in [0.05, 0.1) is 34.0 Å². The van der Waals surface area contributed by atoms with Crippen LogP contribution in [0.4, 0.5) is 5.69 Å². The molecule has 2 atom stereocenters. The molecule has 0 saturated carbocycles. The molecular formula is C16H19ClN2O5S. The Labute approximate surface area is 151 Å². The average molecular weight is 387 g/mol. The zero-order valence-corrected chi connectivity index (χ0v) is 15.3. The van der Waals surface area contributed by atoms with E-state index in [4.69, 9.17) is 16.3 Å². The molecule has 1 N–H and O–H groups in total. The van der Waals surface area contributed by atoms with E-state index >= 15 is 0 Å². The third kappa shape index (κ3) is 3.65. The van der Waals surface area contributed by atoms with Crippen LogP contribution in [-0.4, -0.2) is 45.2 Å². The number of amides is 2. The number of anilines is 1. The van der Waals surface area contributed by atoms with Gasteiger partial charge in [0.1, 0.15) is 0 Å². The Morgan fingerprint density at radius 2 is 2.20 bits per heavy atom. The number of sulfonamides is 1. The summed E-state index contributed by atoms with van der Waals surface area (Å²) in [5.74, 6) is -1.69. The zero-order valence-electron chi connectivity index (χ0n) is 13.7. The lowest BCUT2D eigenvalue weighted by Crippen LogP contribution is -2.32. The van der Waals surface area contributed by atoms with Gasteiger partial charge < -0.3 is 10.1 Å². The van der Waals surface area contributed by atoms with Crippen molar-refractivity contribution >= 4 is 39.1 Å². The summed E-state index contributed by atoms with van der Waals surface area (Å²) in [4.78, 5) is 24.4. The van der Waals surface area contributed by atoms with Gasteiger partial charge in [0.2, 0.25) is 15.9 Å². The van der Waals surface area contributed by atoms with Gasteiger partial charge in [0.25, 0.3) is 5.91 Å². The number of hydrogen-bond acceptors (Lipinski definition) is 5. The summed E-state index contributed by atoms with van der Waals surface area (Å²) >= 11 is 6.15. The van der Waals surface area contributed by atoms with E-state index in [-0.39, 0.29) is 34.0 Å². The van der Waals surface area contributed by atoms with E-state index in [1.54, 1.807) is 6.92 Å². The number of halogens is 1. The van der Waals surface area contributed by atoms with Crippen LogP contribution in [0.3, 0.4) is 0 Å². The summed E-state index contributed by atoms with van der Waals surface area (Å²) in [6.45, 7) is 2.66. The molecule has 7 nitrogen and oxygen atoms in total. The van der Waals surface area contributed by atoms with Crippen molar-refractivity contribution in [3.8, 4) is 0 Å². The highest BCUT2D eigenvalue weighted by Gasteiger charge is 2.42. The lowest BCUT2D eigenvalue weighted by Gasteiger charge is -2.17. The number of benzene rings is 1. The molecule has 0 spiro atoms. The van der Waals surface area contributed by atoms with Gasteiger partial charge in [-0.2, -0.15) is 0 Å². The Bertz CT molecular complexity index is 805. The van der Waals surface area contributed by atoms with E-state index < -0.39 is 21.8 Å². The molecule has 2 fully saturated rings. The SMILES string of the molecule is CC1CS(=O)(=O)N(c2ccc(C(=O)NCC3CCCO3)c(Cl)c2)C1=O. The fourth-order valence-corrected chi connectivity index (χ4v) is 5.08. The molecule has 2 aliphatic rings. The first-order chi connectivity index (χ1) is 11.8. The predicted octanol–water partition coefficient (Wildman–Crippen LogP) is 1.56. The van der Waals surface area contributed by atoms with Crippen molar-refractivity contribution < 1.29 is 22.7 Å². The van der Waals surface area contributed by atoms with Crippen molar-refractivity contribution in [2.75, 3.05) is 23.2 Å². The van der Waals surface area contributed by atoms with Crippen LogP contribution in [0, 0.1) is 5.92 Å². The maximum Gasteiger partial charge on any atom is 0.252 e. The van der Waals surface area contributed by atoms with E-state index in [1.165, 1.54) is 18.2 Å². The molecule has 0 radical (unpaired) electrons. The lowest BCUT2D eigenvalue weighted by molar-refractivity contribution is -0.119. The molecule has 2 heterocycles. The number of carbonyl (C=O) groups is 2. The highest BCUT2D eigenvalue weighted by molar-refractivity contribution is 7.94. The third-order valence-corrected chi connectivity index (χ3v) is 6.49. The first kappa shape index (κ1) is 18.2. The number of nitrogens with zero attached hydrogens (tertiary/aromatic N) is 1. The minimum atomic E-state index is -3.70. The Kier molecular flexibility index (Phi) is 5.04. The van der Waals surface area contributed by atoms with Crippen LogP contribution in [0.2, 0.25) is 5.02 Å². The largest absolute Gasteiger partial charge is 0.376 e. The van der Waals surface area contributed by atoms with Gasteiger partial charge in [-0.25, -0.2) is 12.7 Å². The fraction of sp³-hybridized carbons (Fsp3) is 0.500.